The summed E-state index contributed by atoms with van der Waals surface area (Å²) in [6.45, 7) is 11.0. The third-order valence-electron chi connectivity index (χ3n) is 3.44. The van der Waals surface area contributed by atoms with E-state index in [1.807, 2.05) is 0 Å². The maximum absolute atomic E-state index is 5.74. The first-order chi connectivity index (χ1) is 8.26. The summed E-state index contributed by atoms with van der Waals surface area (Å²) < 4.78 is 5.74. The van der Waals surface area contributed by atoms with Crippen LogP contribution in [0, 0.1) is 0 Å². The van der Waals surface area contributed by atoms with E-state index in [1.54, 1.807) is 0 Å². The minimum absolute atomic E-state index is 0.0745. The average molecular weight is 244 g/mol. The number of benzene rings is 1. The van der Waals surface area contributed by atoms with Crippen molar-refractivity contribution in [2.75, 3.05) is 0 Å². The number of hydrogen-bond acceptors (Lipinski definition) is 1. The number of rotatable bonds is 2. The summed E-state index contributed by atoms with van der Waals surface area (Å²) in [6.07, 6.45) is 5.73. The van der Waals surface area contributed by atoms with Gasteiger partial charge in [0.1, 0.15) is 0 Å². The van der Waals surface area contributed by atoms with E-state index >= 15 is 0 Å². The molecular formula is C17H24O. The zero-order chi connectivity index (χ0) is 13.4. The lowest BCUT2D eigenvalue weighted by atomic mass is 9.86. The van der Waals surface area contributed by atoms with E-state index < -0.39 is 0 Å². The molecule has 2 rings (SSSR count). The van der Waals surface area contributed by atoms with Crippen molar-refractivity contribution in [2.24, 2.45) is 0 Å². The lowest BCUT2D eigenvalue weighted by Gasteiger charge is -2.41. The highest BCUT2D eigenvalue weighted by Crippen LogP contribution is 2.32. The van der Waals surface area contributed by atoms with E-state index in [0.29, 0.717) is 6.10 Å². The summed E-state index contributed by atoms with van der Waals surface area (Å²) in [5, 5.41) is 0. The molecule has 0 saturated carbocycles. The Hall–Kier alpha value is -1.08. The van der Waals surface area contributed by atoms with Crippen molar-refractivity contribution in [2.45, 2.75) is 58.2 Å². The molecule has 1 aromatic rings. The third kappa shape index (κ3) is 3.23. The molecule has 1 nitrogen and oxygen atoms in total. The van der Waals surface area contributed by atoms with Crippen molar-refractivity contribution >= 4 is 6.08 Å². The largest absolute Gasteiger partial charge is 0.368 e. The average Bonchev–Trinajstić information content (AvgIpc) is 2.22. The molecule has 1 aromatic carbocycles. The second-order valence-electron chi connectivity index (χ2n) is 6.85. The molecule has 98 valence electrons. The Morgan fingerprint density at radius 2 is 1.72 bits per heavy atom. The maximum Gasteiger partial charge on any atom is 0.0793 e. The van der Waals surface area contributed by atoms with Crippen molar-refractivity contribution in [3.63, 3.8) is 0 Å². The van der Waals surface area contributed by atoms with Crippen LogP contribution in [0.2, 0.25) is 0 Å². The first-order valence-corrected chi connectivity index (χ1v) is 6.73. The third-order valence-corrected chi connectivity index (χ3v) is 3.44. The number of hydrogen-bond donors (Lipinski definition) is 0. The molecule has 0 amide bonds. The van der Waals surface area contributed by atoms with Gasteiger partial charge in [0, 0.05) is 6.42 Å². The Morgan fingerprint density at radius 1 is 1.17 bits per heavy atom. The summed E-state index contributed by atoms with van der Waals surface area (Å²) in [6, 6.07) is 8.79. The van der Waals surface area contributed by atoms with Crippen molar-refractivity contribution in [1.82, 2.24) is 0 Å². The van der Waals surface area contributed by atoms with Gasteiger partial charge in [-0.1, -0.05) is 57.2 Å². The normalized spacial score (nSPS) is 23.1. The molecule has 1 heteroatoms. The lowest BCUT2D eigenvalue weighted by Crippen LogP contribution is -2.44. The molecule has 0 spiro atoms. The fraction of sp³-hybridized carbons (Fsp3) is 0.529. The fourth-order valence-corrected chi connectivity index (χ4v) is 2.30. The van der Waals surface area contributed by atoms with Gasteiger partial charge in [-0.2, -0.15) is 0 Å². The minimum atomic E-state index is 0.0745. The fourth-order valence-electron chi connectivity index (χ4n) is 2.30. The van der Waals surface area contributed by atoms with Gasteiger partial charge in [-0.3, -0.25) is 0 Å². The first-order valence-electron chi connectivity index (χ1n) is 6.73. The Labute approximate surface area is 111 Å². The van der Waals surface area contributed by atoms with Gasteiger partial charge in [0.15, 0.2) is 0 Å². The predicted molar refractivity (Wildman–Crippen MR) is 77.7 cm³/mol. The standard InChI is InChI=1S/C17H24O/c1-16(2,3)14-9-6-13(7-10-14)8-11-15-12-17(4,5)18-15/h6-11,15H,12H2,1-5H3/b11-8+. The second kappa shape index (κ2) is 4.55. The maximum atomic E-state index is 5.74. The topological polar surface area (TPSA) is 9.23 Å². The van der Waals surface area contributed by atoms with Crippen LogP contribution in [-0.2, 0) is 10.2 Å². The van der Waals surface area contributed by atoms with Crippen LogP contribution in [0.15, 0.2) is 30.3 Å². The van der Waals surface area contributed by atoms with E-state index in [-0.39, 0.29) is 11.0 Å². The van der Waals surface area contributed by atoms with E-state index in [1.165, 1.54) is 11.1 Å². The molecule has 0 radical (unpaired) electrons. The summed E-state index contributed by atoms with van der Waals surface area (Å²) >= 11 is 0. The zero-order valence-electron chi connectivity index (χ0n) is 12.2. The zero-order valence-corrected chi connectivity index (χ0v) is 12.2. The van der Waals surface area contributed by atoms with Gasteiger partial charge in [-0.25, -0.2) is 0 Å². The smallest absolute Gasteiger partial charge is 0.0793 e. The highest BCUT2D eigenvalue weighted by molar-refractivity contribution is 5.51. The molecule has 1 aliphatic heterocycles. The van der Waals surface area contributed by atoms with Crippen LogP contribution < -0.4 is 0 Å². The SMILES string of the molecule is CC1(C)CC(/C=C/c2ccc(C(C)(C)C)cc2)O1. The molecule has 1 unspecified atom stereocenters. The van der Waals surface area contributed by atoms with Gasteiger partial charge >= 0.3 is 0 Å². The molecule has 1 fully saturated rings. The first kappa shape index (κ1) is 13.4. The summed E-state index contributed by atoms with van der Waals surface area (Å²) in [4.78, 5) is 0. The van der Waals surface area contributed by atoms with Crippen LogP contribution in [0.5, 0.6) is 0 Å². The molecular weight excluding hydrogens is 220 g/mol. The van der Waals surface area contributed by atoms with Gasteiger partial charge in [0.2, 0.25) is 0 Å². The molecule has 0 bridgehead atoms. The van der Waals surface area contributed by atoms with Crippen LogP contribution in [0.3, 0.4) is 0 Å². The molecule has 0 aromatic heterocycles. The van der Waals surface area contributed by atoms with Crippen molar-refractivity contribution < 1.29 is 4.74 Å². The van der Waals surface area contributed by atoms with Crippen molar-refractivity contribution in [3.05, 3.63) is 41.5 Å². The van der Waals surface area contributed by atoms with Gasteiger partial charge in [0.25, 0.3) is 0 Å². The highest BCUT2D eigenvalue weighted by atomic mass is 16.5. The molecule has 18 heavy (non-hydrogen) atoms. The Balaban J connectivity index is 1.97. The molecule has 1 atom stereocenters. The van der Waals surface area contributed by atoms with E-state index in [2.05, 4.69) is 71.0 Å². The Kier molecular flexibility index (Phi) is 3.37. The van der Waals surface area contributed by atoms with Crippen molar-refractivity contribution in [3.8, 4) is 0 Å². The Morgan fingerprint density at radius 3 is 2.17 bits per heavy atom. The monoisotopic (exact) mass is 244 g/mol. The van der Waals surface area contributed by atoms with E-state index in [9.17, 15) is 0 Å². The van der Waals surface area contributed by atoms with Crippen LogP contribution in [-0.4, -0.2) is 11.7 Å². The van der Waals surface area contributed by atoms with E-state index in [0.717, 1.165) is 6.42 Å². The quantitative estimate of drug-likeness (QED) is 0.740. The van der Waals surface area contributed by atoms with Crippen LogP contribution >= 0.6 is 0 Å². The van der Waals surface area contributed by atoms with Gasteiger partial charge in [-0.15, -0.1) is 0 Å². The Bertz CT molecular complexity index is 424. The molecule has 1 saturated heterocycles. The molecule has 1 aliphatic rings. The van der Waals surface area contributed by atoms with Crippen LogP contribution in [0.4, 0.5) is 0 Å². The molecule has 0 N–H and O–H groups in total. The van der Waals surface area contributed by atoms with Gasteiger partial charge in [0.05, 0.1) is 11.7 Å². The van der Waals surface area contributed by atoms with Gasteiger partial charge < -0.3 is 4.74 Å². The lowest BCUT2D eigenvalue weighted by molar-refractivity contribution is -0.161. The summed E-state index contributed by atoms with van der Waals surface area (Å²) in [5.41, 5.74) is 2.92. The number of ether oxygens (including phenoxy) is 1. The minimum Gasteiger partial charge on any atom is -0.368 e. The summed E-state index contributed by atoms with van der Waals surface area (Å²) in [7, 11) is 0. The predicted octanol–water partition coefficient (Wildman–Crippen LogP) is 4.56. The van der Waals surface area contributed by atoms with Crippen molar-refractivity contribution in [1.29, 1.82) is 0 Å². The van der Waals surface area contributed by atoms with Crippen LogP contribution in [0.1, 0.15) is 52.2 Å². The molecule has 1 heterocycles. The summed E-state index contributed by atoms with van der Waals surface area (Å²) in [5.74, 6) is 0. The molecule has 0 aliphatic carbocycles. The van der Waals surface area contributed by atoms with E-state index in [4.69, 9.17) is 4.74 Å². The highest BCUT2D eigenvalue weighted by Gasteiger charge is 2.35. The van der Waals surface area contributed by atoms with Gasteiger partial charge in [-0.05, 0) is 30.4 Å². The second-order valence-corrected chi connectivity index (χ2v) is 6.85. The van der Waals surface area contributed by atoms with Crippen LogP contribution in [0.25, 0.3) is 6.08 Å².